The van der Waals surface area contributed by atoms with E-state index >= 15 is 0 Å². The summed E-state index contributed by atoms with van der Waals surface area (Å²) in [5.41, 5.74) is 3.73. The van der Waals surface area contributed by atoms with Crippen LogP contribution in [0.2, 0.25) is 0 Å². The molecular formula is C29H33NO4. The quantitative estimate of drug-likeness (QED) is 0.276. The van der Waals surface area contributed by atoms with E-state index in [1.165, 1.54) is 0 Å². The molecule has 0 aromatic heterocycles. The van der Waals surface area contributed by atoms with Gasteiger partial charge in [0.2, 0.25) is 0 Å². The first-order chi connectivity index (χ1) is 16.6. The summed E-state index contributed by atoms with van der Waals surface area (Å²) < 4.78 is 12.0. The van der Waals surface area contributed by atoms with Gasteiger partial charge in [-0.15, -0.1) is 0 Å². The van der Waals surface area contributed by atoms with Crippen LogP contribution in [0.5, 0.6) is 11.5 Å². The smallest absolute Gasteiger partial charge is 0.259 e. The molecule has 34 heavy (non-hydrogen) atoms. The molecule has 2 atom stereocenters. The van der Waals surface area contributed by atoms with Crippen molar-refractivity contribution in [1.82, 2.24) is 0 Å². The lowest BCUT2D eigenvalue weighted by atomic mass is 9.89. The Bertz CT molecular complexity index is 1080. The fraction of sp³-hybridized carbons (Fsp3) is 0.345. The highest BCUT2D eigenvalue weighted by Gasteiger charge is 2.49. The zero-order chi connectivity index (χ0) is 23.9. The minimum atomic E-state index is -1.10. The van der Waals surface area contributed by atoms with Crippen molar-refractivity contribution < 1.29 is 19.4 Å². The molecule has 5 heteroatoms. The molecule has 178 valence electrons. The van der Waals surface area contributed by atoms with Crippen LogP contribution in [-0.4, -0.2) is 30.3 Å². The Morgan fingerprint density at radius 2 is 1.47 bits per heavy atom. The normalized spacial score (nSPS) is 17.4. The lowest BCUT2D eigenvalue weighted by Crippen LogP contribution is -2.59. The number of rotatable bonds is 11. The van der Waals surface area contributed by atoms with E-state index in [1.807, 2.05) is 60.7 Å². The highest BCUT2D eigenvalue weighted by atomic mass is 16.5. The minimum Gasteiger partial charge on any atom is -0.493 e. The summed E-state index contributed by atoms with van der Waals surface area (Å²) >= 11 is 0. The molecule has 0 radical (unpaired) electrons. The third-order valence-electron chi connectivity index (χ3n) is 6.15. The van der Waals surface area contributed by atoms with Gasteiger partial charge in [-0.2, -0.15) is 0 Å². The van der Waals surface area contributed by atoms with Crippen LogP contribution in [0.25, 0.3) is 11.1 Å². The van der Waals surface area contributed by atoms with Crippen molar-refractivity contribution in [3.05, 3.63) is 78.4 Å². The summed E-state index contributed by atoms with van der Waals surface area (Å²) in [7, 11) is 0. The van der Waals surface area contributed by atoms with E-state index in [9.17, 15) is 9.90 Å². The van der Waals surface area contributed by atoms with E-state index in [-0.39, 0.29) is 5.91 Å². The lowest BCUT2D eigenvalue weighted by molar-refractivity contribution is -0.137. The highest BCUT2D eigenvalue weighted by molar-refractivity contribution is 6.05. The van der Waals surface area contributed by atoms with Gasteiger partial charge in [0.05, 0.1) is 13.2 Å². The molecule has 3 aromatic rings. The maximum atomic E-state index is 12.7. The van der Waals surface area contributed by atoms with Crippen molar-refractivity contribution in [3.8, 4) is 22.6 Å². The Balaban J connectivity index is 1.60. The number of aliphatic hydroxyl groups is 1. The van der Waals surface area contributed by atoms with Gasteiger partial charge in [0.25, 0.3) is 5.91 Å². The summed E-state index contributed by atoms with van der Waals surface area (Å²) in [5.74, 6) is 1.09. The Morgan fingerprint density at radius 3 is 2.15 bits per heavy atom. The number of carbonyl (C=O) groups is 1. The number of β-lactam (4-membered cyclic amide) rings is 1. The number of benzene rings is 3. The third kappa shape index (κ3) is 5.10. The van der Waals surface area contributed by atoms with Gasteiger partial charge < -0.3 is 14.6 Å². The zero-order valence-corrected chi connectivity index (χ0v) is 19.9. The standard InChI is InChI=1S/C29H33NO4/c1-3-5-18-33-24-16-17-25(26(20-24)34-19-6-4-2)27-28(31)29(32)30(27)23-14-12-22(13-15-23)21-10-8-7-9-11-21/h7-17,20,27-28,31H,3-6,18-19H2,1-2H3/t27-,28+/m1/s1. The maximum Gasteiger partial charge on any atom is 0.259 e. The van der Waals surface area contributed by atoms with E-state index in [2.05, 4.69) is 26.0 Å². The first kappa shape index (κ1) is 23.8. The Morgan fingerprint density at radius 1 is 0.824 bits per heavy atom. The molecule has 4 rings (SSSR count). The van der Waals surface area contributed by atoms with Gasteiger partial charge in [0.1, 0.15) is 17.5 Å². The van der Waals surface area contributed by atoms with Crippen molar-refractivity contribution in [3.63, 3.8) is 0 Å². The molecule has 5 nitrogen and oxygen atoms in total. The number of hydrogen-bond acceptors (Lipinski definition) is 4. The van der Waals surface area contributed by atoms with Crippen LogP contribution in [0.4, 0.5) is 5.69 Å². The fourth-order valence-electron chi connectivity index (χ4n) is 4.15. The number of amides is 1. The van der Waals surface area contributed by atoms with Crippen LogP contribution in [0.15, 0.2) is 72.8 Å². The van der Waals surface area contributed by atoms with E-state index < -0.39 is 12.1 Å². The van der Waals surface area contributed by atoms with Crippen molar-refractivity contribution >= 4 is 11.6 Å². The van der Waals surface area contributed by atoms with E-state index in [1.54, 1.807) is 4.90 Å². The van der Waals surface area contributed by atoms with Gasteiger partial charge in [0.15, 0.2) is 6.10 Å². The van der Waals surface area contributed by atoms with Gasteiger partial charge in [-0.05, 0) is 48.2 Å². The molecule has 1 heterocycles. The average molecular weight is 460 g/mol. The second-order valence-corrected chi connectivity index (χ2v) is 8.61. The largest absolute Gasteiger partial charge is 0.493 e. The van der Waals surface area contributed by atoms with Crippen LogP contribution in [0.3, 0.4) is 0 Å². The maximum absolute atomic E-state index is 12.7. The third-order valence-corrected chi connectivity index (χ3v) is 6.15. The van der Waals surface area contributed by atoms with Gasteiger partial charge in [-0.1, -0.05) is 69.2 Å². The molecule has 1 N–H and O–H groups in total. The number of unbranched alkanes of at least 4 members (excludes halogenated alkanes) is 2. The first-order valence-corrected chi connectivity index (χ1v) is 12.2. The number of aliphatic hydroxyl groups excluding tert-OH is 1. The topological polar surface area (TPSA) is 59.0 Å². The van der Waals surface area contributed by atoms with E-state index in [4.69, 9.17) is 9.47 Å². The van der Waals surface area contributed by atoms with Crippen LogP contribution < -0.4 is 14.4 Å². The molecular weight excluding hydrogens is 426 g/mol. The summed E-state index contributed by atoms with van der Waals surface area (Å²) in [6, 6.07) is 23.2. The van der Waals surface area contributed by atoms with Crippen LogP contribution in [0, 0.1) is 0 Å². The van der Waals surface area contributed by atoms with Crippen LogP contribution >= 0.6 is 0 Å². The predicted octanol–water partition coefficient (Wildman–Crippen LogP) is 6.16. The van der Waals surface area contributed by atoms with Crippen LogP contribution in [-0.2, 0) is 4.79 Å². The van der Waals surface area contributed by atoms with Gasteiger partial charge in [-0.25, -0.2) is 0 Å². The molecule has 0 aliphatic carbocycles. The second kappa shape index (κ2) is 11.2. The molecule has 0 unspecified atom stereocenters. The number of carbonyl (C=O) groups excluding carboxylic acids is 1. The van der Waals surface area contributed by atoms with Gasteiger partial charge >= 0.3 is 0 Å². The molecule has 0 bridgehead atoms. The van der Waals surface area contributed by atoms with E-state index in [0.29, 0.717) is 19.0 Å². The summed E-state index contributed by atoms with van der Waals surface area (Å²) in [6.45, 7) is 5.46. The Hall–Kier alpha value is -3.31. The van der Waals surface area contributed by atoms with Crippen molar-refractivity contribution in [2.45, 2.75) is 51.7 Å². The molecule has 0 saturated carbocycles. The number of ether oxygens (including phenoxy) is 2. The second-order valence-electron chi connectivity index (χ2n) is 8.61. The molecule has 1 fully saturated rings. The average Bonchev–Trinajstić information content (AvgIpc) is 2.88. The summed E-state index contributed by atoms with van der Waals surface area (Å²) in [5, 5.41) is 10.7. The molecule has 1 amide bonds. The molecule has 1 aliphatic heterocycles. The number of anilines is 1. The molecule has 3 aromatic carbocycles. The number of hydrogen-bond donors (Lipinski definition) is 1. The first-order valence-electron chi connectivity index (χ1n) is 12.2. The van der Waals surface area contributed by atoms with Crippen molar-refractivity contribution in [1.29, 1.82) is 0 Å². The van der Waals surface area contributed by atoms with Crippen molar-refractivity contribution in [2.24, 2.45) is 0 Å². The summed E-state index contributed by atoms with van der Waals surface area (Å²) in [6.07, 6.45) is 2.89. The molecule has 1 saturated heterocycles. The van der Waals surface area contributed by atoms with E-state index in [0.717, 1.165) is 53.8 Å². The fourth-order valence-corrected chi connectivity index (χ4v) is 4.15. The minimum absolute atomic E-state index is 0.305. The van der Waals surface area contributed by atoms with Gasteiger partial charge in [0, 0.05) is 17.3 Å². The van der Waals surface area contributed by atoms with Crippen molar-refractivity contribution in [2.75, 3.05) is 18.1 Å². The zero-order valence-electron chi connectivity index (χ0n) is 19.9. The Kier molecular flexibility index (Phi) is 7.86. The molecule has 1 aliphatic rings. The van der Waals surface area contributed by atoms with Gasteiger partial charge in [-0.3, -0.25) is 9.69 Å². The number of nitrogens with zero attached hydrogens (tertiary/aromatic N) is 1. The highest BCUT2D eigenvalue weighted by Crippen LogP contribution is 2.44. The SMILES string of the molecule is CCCCOc1ccc([C@@H]2[C@H](O)C(=O)N2c2ccc(-c3ccccc3)cc2)c(OCCCC)c1. The molecule has 0 spiro atoms. The monoisotopic (exact) mass is 459 g/mol. The Labute approximate surface area is 201 Å². The lowest BCUT2D eigenvalue weighted by Gasteiger charge is -2.45. The predicted molar refractivity (Wildman–Crippen MR) is 135 cm³/mol. The summed E-state index contributed by atoms with van der Waals surface area (Å²) in [4.78, 5) is 14.4. The van der Waals surface area contributed by atoms with Crippen LogP contribution in [0.1, 0.15) is 51.1 Å².